The average Bonchev–Trinajstić information content (AvgIpc) is 3.21. The largest absolute Gasteiger partial charge is 0.462 e. The standard InChI is InChI=1S/C20H24N4O3S/c1-6-23-16-9-8-14(19(26)27-7-2)11-17(16)28-20(23)21-18(25)15-10-13(5)24(22-15)12(3)4/h8-12H,6-7H2,1-5H3. The summed E-state index contributed by atoms with van der Waals surface area (Å²) in [5.41, 5.74) is 2.67. The van der Waals surface area contributed by atoms with Gasteiger partial charge in [-0.1, -0.05) is 11.3 Å². The monoisotopic (exact) mass is 400 g/mol. The van der Waals surface area contributed by atoms with Crippen LogP contribution in [0.2, 0.25) is 0 Å². The lowest BCUT2D eigenvalue weighted by atomic mass is 10.2. The number of esters is 1. The second kappa shape index (κ2) is 8.10. The molecule has 0 bridgehead atoms. The van der Waals surface area contributed by atoms with Gasteiger partial charge in [0.05, 0.1) is 22.4 Å². The van der Waals surface area contributed by atoms with Crippen molar-refractivity contribution in [2.24, 2.45) is 4.99 Å². The van der Waals surface area contributed by atoms with Crippen molar-refractivity contribution in [1.29, 1.82) is 0 Å². The molecule has 0 spiro atoms. The minimum Gasteiger partial charge on any atom is -0.462 e. The Labute approximate surface area is 167 Å². The lowest BCUT2D eigenvalue weighted by Gasteiger charge is -2.06. The van der Waals surface area contributed by atoms with E-state index in [1.807, 2.05) is 43.0 Å². The van der Waals surface area contributed by atoms with Gasteiger partial charge in [-0.3, -0.25) is 9.48 Å². The van der Waals surface area contributed by atoms with E-state index in [-0.39, 0.29) is 17.9 Å². The predicted octanol–water partition coefficient (Wildman–Crippen LogP) is 3.73. The summed E-state index contributed by atoms with van der Waals surface area (Å²) in [5.74, 6) is -0.730. The lowest BCUT2D eigenvalue weighted by Crippen LogP contribution is -2.16. The first-order valence-corrected chi connectivity index (χ1v) is 10.1. The first-order chi connectivity index (χ1) is 13.3. The molecule has 28 heavy (non-hydrogen) atoms. The SMILES string of the molecule is CCOC(=O)c1ccc2c(c1)sc(=NC(=O)c1cc(C)n(C(C)C)n1)n2CC. The Morgan fingerprint density at radius 3 is 2.61 bits per heavy atom. The van der Waals surface area contributed by atoms with Crippen LogP contribution in [0, 0.1) is 6.92 Å². The molecule has 2 heterocycles. The van der Waals surface area contributed by atoms with Crippen molar-refractivity contribution in [2.45, 2.75) is 47.2 Å². The topological polar surface area (TPSA) is 78.5 Å². The zero-order valence-electron chi connectivity index (χ0n) is 16.7. The molecule has 0 radical (unpaired) electrons. The third-order valence-corrected chi connectivity index (χ3v) is 5.38. The van der Waals surface area contributed by atoms with Crippen LogP contribution in [0.5, 0.6) is 0 Å². The minimum absolute atomic E-state index is 0.174. The van der Waals surface area contributed by atoms with Crippen molar-refractivity contribution >= 4 is 33.4 Å². The Morgan fingerprint density at radius 1 is 1.25 bits per heavy atom. The molecule has 8 heteroatoms. The van der Waals surface area contributed by atoms with Crippen LogP contribution in [0.1, 0.15) is 60.3 Å². The normalized spacial score (nSPS) is 12.1. The van der Waals surface area contributed by atoms with E-state index in [1.165, 1.54) is 11.3 Å². The maximum absolute atomic E-state index is 12.7. The zero-order valence-corrected chi connectivity index (χ0v) is 17.5. The number of ether oxygens (including phenoxy) is 1. The molecule has 0 aliphatic carbocycles. The van der Waals surface area contributed by atoms with Gasteiger partial charge in [0, 0.05) is 18.3 Å². The molecule has 1 aromatic carbocycles. The Morgan fingerprint density at radius 2 is 2.00 bits per heavy atom. The maximum atomic E-state index is 12.7. The van der Waals surface area contributed by atoms with Gasteiger partial charge in [0.2, 0.25) is 0 Å². The van der Waals surface area contributed by atoms with E-state index in [2.05, 4.69) is 10.1 Å². The van der Waals surface area contributed by atoms with E-state index >= 15 is 0 Å². The number of fused-ring (bicyclic) bond motifs is 1. The van der Waals surface area contributed by atoms with Crippen LogP contribution in [0.15, 0.2) is 29.3 Å². The van der Waals surface area contributed by atoms with Crippen LogP contribution in [0.3, 0.4) is 0 Å². The number of aromatic nitrogens is 3. The molecule has 0 unspecified atom stereocenters. The van der Waals surface area contributed by atoms with Crippen LogP contribution in [0.25, 0.3) is 10.2 Å². The van der Waals surface area contributed by atoms with Crippen molar-refractivity contribution in [1.82, 2.24) is 14.3 Å². The number of rotatable bonds is 5. The molecular weight excluding hydrogens is 376 g/mol. The Balaban J connectivity index is 2.05. The number of hydrogen-bond donors (Lipinski definition) is 0. The Bertz CT molecular complexity index is 1100. The van der Waals surface area contributed by atoms with Gasteiger partial charge < -0.3 is 9.30 Å². The quantitative estimate of drug-likeness (QED) is 0.612. The predicted molar refractivity (Wildman–Crippen MR) is 109 cm³/mol. The molecule has 7 nitrogen and oxygen atoms in total. The average molecular weight is 401 g/mol. The van der Waals surface area contributed by atoms with Gasteiger partial charge in [0.1, 0.15) is 0 Å². The summed E-state index contributed by atoms with van der Waals surface area (Å²) < 4.78 is 9.71. The van der Waals surface area contributed by atoms with E-state index in [1.54, 1.807) is 25.1 Å². The smallest absolute Gasteiger partial charge is 0.338 e. The first kappa shape index (κ1) is 20.0. The molecule has 3 rings (SSSR count). The van der Waals surface area contributed by atoms with Crippen molar-refractivity contribution in [3.05, 3.63) is 46.0 Å². The fourth-order valence-corrected chi connectivity index (χ4v) is 4.20. The highest BCUT2D eigenvalue weighted by Crippen LogP contribution is 2.20. The molecule has 0 saturated carbocycles. The van der Waals surface area contributed by atoms with E-state index in [0.717, 1.165) is 15.9 Å². The molecule has 0 saturated heterocycles. The van der Waals surface area contributed by atoms with Gasteiger partial charge in [-0.25, -0.2) is 4.79 Å². The number of nitrogens with zero attached hydrogens (tertiary/aromatic N) is 4. The number of carbonyl (C=O) groups excluding carboxylic acids is 2. The summed E-state index contributed by atoms with van der Waals surface area (Å²) in [6.45, 7) is 10.7. The third kappa shape index (κ3) is 3.77. The zero-order chi connectivity index (χ0) is 20.4. The third-order valence-electron chi connectivity index (χ3n) is 4.34. The first-order valence-electron chi connectivity index (χ1n) is 9.31. The minimum atomic E-state index is -0.373. The number of thiazole rings is 1. The highest BCUT2D eigenvalue weighted by atomic mass is 32.1. The van der Waals surface area contributed by atoms with Crippen LogP contribution in [0.4, 0.5) is 0 Å². The van der Waals surface area contributed by atoms with Crippen LogP contribution < -0.4 is 4.80 Å². The van der Waals surface area contributed by atoms with E-state index in [0.29, 0.717) is 29.2 Å². The number of amides is 1. The Hall–Kier alpha value is -2.74. The van der Waals surface area contributed by atoms with Crippen LogP contribution in [-0.2, 0) is 11.3 Å². The number of carbonyl (C=O) groups is 2. The highest BCUT2D eigenvalue weighted by molar-refractivity contribution is 7.16. The highest BCUT2D eigenvalue weighted by Gasteiger charge is 2.15. The second-order valence-corrected chi connectivity index (χ2v) is 7.67. The number of benzene rings is 1. The summed E-state index contributed by atoms with van der Waals surface area (Å²) in [4.78, 5) is 29.6. The Kier molecular flexibility index (Phi) is 5.79. The summed E-state index contributed by atoms with van der Waals surface area (Å²) >= 11 is 1.37. The van der Waals surface area contributed by atoms with Crippen molar-refractivity contribution in [3.63, 3.8) is 0 Å². The van der Waals surface area contributed by atoms with Gasteiger partial charge in [0.15, 0.2) is 10.5 Å². The molecule has 2 aromatic heterocycles. The summed E-state index contributed by atoms with van der Waals surface area (Å²) in [7, 11) is 0. The van der Waals surface area contributed by atoms with Gasteiger partial charge in [-0.05, 0) is 58.9 Å². The number of aryl methyl sites for hydroxylation is 2. The fourth-order valence-electron chi connectivity index (χ4n) is 3.06. The van der Waals surface area contributed by atoms with Gasteiger partial charge in [-0.2, -0.15) is 10.1 Å². The van der Waals surface area contributed by atoms with Crippen LogP contribution in [-0.4, -0.2) is 32.8 Å². The van der Waals surface area contributed by atoms with Crippen molar-refractivity contribution in [2.75, 3.05) is 6.61 Å². The van der Waals surface area contributed by atoms with Crippen molar-refractivity contribution < 1.29 is 14.3 Å². The van der Waals surface area contributed by atoms with Gasteiger partial charge in [0.25, 0.3) is 5.91 Å². The second-order valence-electron chi connectivity index (χ2n) is 6.66. The maximum Gasteiger partial charge on any atom is 0.338 e. The lowest BCUT2D eigenvalue weighted by molar-refractivity contribution is 0.0526. The van der Waals surface area contributed by atoms with Crippen molar-refractivity contribution in [3.8, 4) is 0 Å². The van der Waals surface area contributed by atoms with E-state index < -0.39 is 0 Å². The fraction of sp³-hybridized carbons (Fsp3) is 0.400. The summed E-state index contributed by atoms with van der Waals surface area (Å²) in [6.07, 6.45) is 0. The number of hydrogen-bond acceptors (Lipinski definition) is 5. The van der Waals surface area contributed by atoms with E-state index in [4.69, 9.17) is 4.74 Å². The molecular formula is C20H24N4O3S. The molecule has 0 aliphatic rings. The summed E-state index contributed by atoms with van der Waals surface area (Å²) in [5, 5.41) is 4.38. The summed E-state index contributed by atoms with van der Waals surface area (Å²) in [6, 6.07) is 7.31. The molecule has 0 atom stereocenters. The molecule has 0 aliphatic heterocycles. The molecule has 148 valence electrons. The van der Waals surface area contributed by atoms with E-state index in [9.17, 15) is 9.59 Å². The van der Waals surface area contributed by atoms with Gasteiger partial charge >= 0.3 is 5.97 Å². The molecule has 0 N–H and O–H groups in total. The molecule has 0 fully saturated rings. The van der Waals surface area contributed by atoms with Crippen LogP contribution >= 0.6 is 11.3 Å². The van der Waals surface area contributed by atoms with Gasteiger partial charge in [-0.15, -0.1) is 0 Å². The molecule has 3 aromatic rings. The molecule has 1 amide bonds.